The van der Waals surface area contributed by atoms with Gasteiger partial charge in [-0.25, -0.2) is 0 Å². The number of ether oxygens (including phenoxy) is 1. The van der Waals surface area contributed by atoms with E-state index < -0.39 is 0 Å². The number of guanidine groups is 1. The van der Waals surface area contributed by atoms with E-state index in [1.165, 1.54) is 12.0 Å². The Balaban J connectivity index is 0.00000225. The van der Waals surface area contributed by atoms with E-state index in [2.05, 4.69) is 28.6 Å². The van der Waals surface area contributed by atoms with Crippen LogP contribution in [0.15, 0.2) is 29.3 Å². The molecule has 3 atom stereocenters. The Morgan fingerprint density at radius 2 is 2.18 bits per heavy atom. The first-order chi connectivity index (χ1) is 13.2. The summed E-state index contributed by atoms with van der Waals surface area (Å²) in [6.45, 7) is 4.36. The molecule has 2 N–H and O–H groups in total. The topological polar surface area (TPSA) is 66.0 Å². The summed E-state index contributed by atoms with van der Waals surface area (Å²) in [7, 11) is 0. The van der Waals surface area contributed by atoms with Gasteiger partial charge in [-0.2, -0.15) is 0 Å². The third-order valence-electron chi connectivity index (χ3n) is 5.78. The van der Waals surface area contributed by atoms with E-state index in [1.807, 2.05) is 23.1 Å². The van der Waals surface area contributed by atoms with Gasteiger partial charge in [-0.3, -0.25) is 9.79 Å². The number of benzene rings is 1. The van der Waals surface area contributed by atoms with Gasteiger partial charge in [0.05, 0.1) is 18.2 Å². The smallest absolute Gasteiger partial charge is 0.227 e. The zero-order valence-electron chi connectivity index (χ0n) is 16.5. The zero-order chi connectivity index (χ0) is 18.6. The lowest BCUT2D eigenvalue weighted by Gasteiger charge is -2.22. The molecule has 3 aliphatic rings. The second-order valence-corrected chi connectivity index (χ2v) is 7.65. The fourth-order valence-corrected chi connectivity index (χ4v) is 4.44. The van der Waals surface area contributed by atoms with Crippen LogP contribution in [-0.4, -0.2) is 49.8 Å². The van der Waals surface area contributed by atoms with Crippen molar-refractivity contribution in [3.05, 3.63) is 29.8 Å². The molecule has 2 fully saturated rings. The minimum atomic E-state index is 0. The predicted molar refractivity (Wildman–Crippen MR) is 123 cm³/mol. The number of nitrogens with zero attached hydrogens (tertiary/aromatic N) is 2. The van der Waals surface area contributed by atoms with Gasteiger partial charge in [0.15, 0.2) is 5.96 Å². The van der Waals surface area contributed by atoms with Crippen molar-refractivity contribution < 1.29 is 9.53 Å². The molecule has 2 bridgehead atoms. The molecule has 28 heavy (non-hydrogen) atoms. The first-order valence-electron chi connectivity index (χ1n) is 10.3. The van der Waals surface area contributed by atoms with E-state index in [9.17, 15) is 4.79 Å². The van der Waals surface area contributed by atoms with Crippen molar-refractivity contribution in [2.45, 2.75) is 63.7 Å². The van der Waals surface area contributed by atoms with Gasteiger partial charge in [0, 0.05) is 31.7 Å². The lowest BCUT2D eigenvalue weighted by molar-refractivity contribution is -0.118. The van der Waals surface area contributed by atoms with E-state index in [1.54, 1.807) is 0 Å². The number of para-hydroxylation sites is 1. The van der Waals surface area contributed by atoms with Crippen molar-refractivity contribution in [2.75, 3.05) is 24.5 Å². The van der Waals surface area contributed by atoms with Crippen LogP contribution >= 0.6 is 24.0 Å². The van der Waals surface area contributed by atoms with Crippen LogP contribution in [0, 0.1) is 0 Å². The highest BCUT2D eigenvalue weighted by atomic mass is 127. The standard InChI is InChI=1S/C21H30N4O2.HI/c1-2-22-21(24-17-14-16-9-10-19(17)27-16)23-12-5-8-20(26)25-13-11-15-6-3-4-7-18(15)25;/h3-4,6-7,16-17,19H,2,5,8-14H2,1H3,(H2,22,23,24);1H. The first-order valence-corrected chi connectivity index (χ1v) is 10.3. The maximum atomic E-state index is 12.6. The Bertz CT molecular complexity index is 711. The van der Waals surface area contributed by atoms with Crippen molar-refractivity contribution in [1.29, 1.82) is 0 Å². The molecule has 2 saturated heterocycles. The summed E-state index contributed by atoms with van der Waals surface area (Å²) in [6, 6.07) is 8.56. The summed E-state index contributed by atoms with van der Waals surface area (Å²) in [4.78, 5) is 19.2. The average molecular weight is 498 g/mol. The molecule has 1 aromatic carbocycles. The van der Waals surface area contributed by atoms with Gasteiger partial charge in [-0.1, -0.05) is 18.2 Å². The van der Waals surface area contributed by atoms with Gasteiger partial charge in [0.25, 0.3) is 0 Å². The number of amides is 1. The van der Waals surface area contributed by atoms with Crippen molar-refractivity contribution in [3.63, 3.8) is 0 Å². The van der Waals surface area contributed by atoms with Gasteiger partial charge in [0.2, 0.25) is 5.91 Å². The highest BCUT2D eigenvalue weighted by Crippen LogP contribution is 2.34. The second kappa shape index (κ2) is 9.91. The van der Waals surface area contributed by atoms with E-state index in [0.717, 1.165) is 50.4 Å². The third kappa shape index (κ3) is 4.79. The molecule has 0 radical (unpaired) electrons. The maximum Gasteiger partial charge on any atom is 0.227 e. The molecule has 3 aliphatic heterocycles. The summed E-state index contributed by atoms with van der Waals surface area (Å²) >= 11 is 0. The van der Waals surface area contributed by atoms with Crippen LogP contribution in [0.3, 0.4) is 0 Å². The van der Waals surface area contributed by atoms with Crippen molar-refractivity contribution in [3.8, 4) is 0 Å². The van der Waals surface area contributed by atoms with Gasteiger partial charge < -0.3 is 20.3 Å². The lowest BCUT2D eigenvalue weighted by atomic mass is 9.96. The number of nitrogens with one attached hydrogen (secondary N) is 2. The first kappa shape index (κ1) is 21.4. The fourth-order valence-electron chi connectivity index (χ4n) is 4.44. The van der Waals surface area contributed by atoms with Gasteiger partial charge in [-0.15, -0.1) is 24.0 Å². The summed E-state index contributed by atoms with van der Waals surface area (Å²) < 4.78 is 5.91. The molecule has 1 aromatic rings. The van der Waals surface area contributed by atoms with E-state index in [4.69, 9.17) is 4.74 Å². The quantitative estimate of drug-likeness (QED) is 0.274. The van der Waals surface area contributed by atoms with Gasteiger partial charge >= 0.3 is 0 Å². The number of hydrogen-bond acceptors (Lipinski definition) is 3. The van der Waals surface area contributed by atoms with Gasteiger partial charge in [0.1, 0.15) is 0 Å². The highest BCUT2D eigenvalue weighted by molar-refractivity contribution is 14.0. The van der Waals surface area contributed by atoms with E-state index in [-0.39, 0.29) is 29.9 Å². The summed E-state index contributed by atoms with van der Waals surface area (Å²) in [5, 5.41) is 6.84. The van der Waals surface area contributed by atoms with Crippen LogP contribution in [0.25, 0.3) is 0 Å². The minimum Gasteiger partial charge on any atom is -0.373 e. The monoisotopic (exact) mass is 498 g/mol. The van der Waals surface area contributed by atoms with Crippen molar-refractivity contribution in [2.24, 2.45) is 4.99 Å². The Morgan fingerprint density at radius 1 is 1.32 bits per heavy atom. The number of rotatable bonds is 6. The number of anilines is 1. The second-order valence-electron chi connectivity index (χ2n) is 7.65. The van der Waals surface area contributed by atoms with Gasteiger partial charge in [-0.05, 0) is 50.7 Å². The van der Waals surface area contributed by atoms with Crippen molar-refractivity contribution >= 4 is 41.5 Å². The number of halogens is 1. The van der Waals surface area contributed by atoms with Crippen LogP contribution in [0.4, 0.5) is 5.69 Å². The molecular weight excluding hydrogens is 467 g/mol. The Morgan fingerprint density at radius 3 is 2.93 bits per heavy atom. The maximum absolute atomic E-state index is 12.6. The highest BCUT2D eigenvalue weighted by Gasteiger charge is 2.41. The molecule has 6 nitrogen and oxygen atoms in total. The van der Waals surface area contributed by atoms with Crippen LogP contribution < -0.4 is 15.5 Å². The number of aliphatic imine (C=N–C) groups is 1. The van der Waals surface area contributed by atoms with Crippen LogP contribution in [-0.2, 0) is 16.0 Å². The third-order valence-corrected chi connectivity index (χ3v) is 5.78. The molecule has 1 amide bonds. The molecule has 3 unspecified atom stereocenters. The largest absolute Gasteiger partial charge is 0.373 e. The number of fused-ring (bicyclic) bond motifs is 3. The normalized spacial score (nSPS) is 25.4. The molecule has 7 heteroatoms. The average Bonchev–Trinajstić information content (AvgIpc) is 3.40. The van der Waals surface area contributed by atoms with Crippen molar-refractivity contribution in [1.82, 2.24) is 10.6 Å². The molecule has 4 rings (SSSR count). The molecule has 154 valence electrons. The fraction of sp³-hybridized carbons (Fsp3) is 0.619. The van der Waals surface area contributed by atoms with Crippen LogP contribution in [0.1, 0.15) is 44.6 Å². The summed E-state index contributed by atoms with van der Waals surface area (Å²) in [5.41, 5.74) is 2.35. The molecular formula is C21H31IN4O2. The SMILES string of the molecule is CCNC(=NCCCC(=O)N1CCc2ccccc21)NC1CC2CCC1O2.I. The van der Waals surface area contributed by atoms with E-state index >= 15 is 0 Å². The van der Waals surface area contributed by atoms with Crippen LogP contribution in [0.5, 0.6) is 0 Å². The minimum absolute atomic E-state index is 0. The molecule has 0 aromatic heterocycles. The Kier molecular flexibility index (Phi) is 7.56. The zero-order valence-corrected chi connectivity index (χ0v) is 18.9. The molecule has 0 saturated carbocycles. The molecule has 0 spiro atoms. The summed E-state index contributed by atoms with van der Waals surface area (Å²) in [5.74, 6) is 1.05. The lowest BCUT2D eigenvalue weighted by Crippen LogP contribution is -2.47. The Labute approximate surface area is 184 Å². The molecule has 0 aliphatic carbocycles. The van der Waals surface area contributed by atoms with Crippen LogP contribution in [0.2, 0.25) is 0 Å². The Hall–Kier alpha value is -1.35. The number of carbonyl (C=O) groups excluding carboxylic acids is 1. The number of hydrogen-bond donors (Lipinski definition) is 2. The van der Waals surface area contributed by atoms with E-state index in [0.29, 0.717) is 31.2 Å². The number of carbonyl (C=O) groups is 1. The predicted octanol–water partition coefficient (Wildman–Crippen LogP) is 2.85. The molecule has 3 heterocycles. The summed E-state index contributed by atoms with van der Waals surface area (Å²) in [6.07, 6.45) is 6.43.